The van der Waals surface area contributed by atoms with Gasteiger partial charge >= 0.3 is 6.18 Å². The van der Waals surface area contributed by atoms with Crippen LogP contribution in [-0.2, 0) is 0 Å². The van der Waals surface area contributed by atoms with E-state index in [0.29, 0.717) is 0 Å². The average molecular weight is 296 g/mol. The molecular weight excluding hydrogens is 283 g/mol. The second-order valence-electron chi connectivity index (χ2n) is 3.99. The number of hydrogen-bond acceptors (Lipinski definition) is 2. The number of aromatic hydroxyl groups is 1. The average Bonchev–Trinajstić information content (AvgIpc) is 2.30. The zero-order chi connectivity index (χ0) is 14.5. The predicted molar refractivity (Wildman–Crippen MR) is 65.4 cm³/mol. The number of phenols is 1. The third-order valence-electron chi connectivity index (χ3n) is 2.37. The van der Waals surface area contributed by atoms with Crippen molar-refractivity contribution in [2.45, 2.75) is 25.4 Å². The Bertz CT molecular complexity index is 449. The van der Waals surface area contributed by atoms with Gasteiger partial charge in [0, 0.05) is 13.0 Å². The van der Waals surface area contributed by atoms with Gasteiger partial charge in [-0.1, -0.05) is 11.6 Å². The number of phenolic OH excluding ortho intramolecular Hbond substituents is 1. The van der Waals surface area contributed by atoms with Crippen molar-refractivity contribution in [3.63, 3.8) is 0 Å². The first kappa shape index (κ1) is 15.6. The summed E-state index contributed by atoms with van der Waals surface area (Å²) in [5.41, 5.74) is 0.0949. The highest BCUT2D eigenvalue weighted by molar-refractivity contribution is 6.33. The summed E-state index contributed by atoms with van der Waals surface area (Å²) in [4.78, 5) is 11.6. The molecule has 0 spiro atoms. The lowest BCUT2D eigenvalue weighted by atomic mass is 10.2. The zero-order valence-corrected chi connectivity index (χ0v) is 10.7. The van der Waals surface area contributed by atoms with Crippen molar-refractivity contribution >= 4 is 17.5 Å². The summed E-state index contributed by atoms with van der Waals surface area (Å²) >= 11 is 5.77. The molecule has 106 valence electrons. The lowest BCUT2D eigenvalue weighted by Gasteiger charge is -2.08. The molecule has 0 fully saturated rings. The second kappa shape index (κ2) is 6.65. The molecule has 0 saturated heterocycles. The number of carbonyl (C=O) groups is 1. The molecule has 7 heteroatoms. The van der Waals surface area contributed by atoms with Gasteiger partial charge < -0.3 is 10.4 Å². The Morgan fingerprint density at radius 1 is 1.32 bits per heavy atom. The van der Waals surface area contributed by atoms with E-state index in [1.807, 2.05) is 0 Å². The molecule has 0 heterocycles. The number of carbonyl (C=O) groups excluding carboxylic acids is 1. The molecule has 0 saturated carbocycles. The van der Waals surface area contributed by atoms with E-state index in [0.717, 1.165) is 0 Å². The Morgan fingerprint density at radius 3 is 2.63 bits per heavy atom. The Hall–Kier alpha value is -1.43. The number of hydrogen-bond donors (Lipinski definition) is 2. The second-order valence-corrected chi connectivity index (χ2v) is 4.40. The van der Waals surface area contributed by atoms with Gasteiger partial charge in [0.15, 0.2) is 0 Å². The van der Waals surface area contributed by atoms with Crippen molar-refractivity contribution in [3.05, 3.63) is 28.8 Å². The van der Waals surface area contributed by atoms with E-state index >= 15 is 0 Å². The minimum Gasteiger partial charge on any atom is -0.508 e. The highest BCUT2D eigenvalue weighted by Gasteiger charge is 2.25. The van der Waals surface area contributed by atoms with Crippen LogP contribution in [0.25, 0.3) is 0 Å². The normalized spacial score (nSPS) is 11.4. The largest absolute Gasteiger partial charge is 0.508 e. The molecular formula is C12H13ClF3NO2. The number of benzene rings is 1. The molecule has 19 heavy (non-hydrogen) atoms. The topological polar surface area (TPSA) is 49.3 Å². The molecule has 0 aliphatic heterocycles. The van der Waals surface area contributed by atoms with Crippen LogP contribution in [0.4, 0.5) is 13.2 Å². The van der Waals surface area contributed by atoms with E-state index in [-0.39, 0.29) is 35.7 Å². The van der Waals surface area contributed by atoms with Gasteiger partial charge in [-0.3, -0.25) is 4.79 Å². The van der Waals surface area contributed by atoms with Crippen LogP contribution in [0, 0.1) is 0 Å². The van der Waals surface area contributed by atoms with Crippen molar-refractivity contribution in [1.82, 2.24) is 5.32 Å². The van der Waals surface area contributed by atoms with E-state index < -0.39 is 18.5 Å². The van der Waals surface area contributed by atoms with E-state index in [9.17, 15) is 23.1 Å². The lowest BCUT2D eigenvalue weighted by Crippen LogP contribution is -2.25. The van der Waals surface area contributed by atoms with Crippen molar-refractivity contribution in [1.29, 1.82) is 0 Å². The van der Waals surface area contributed by atoms with Crippen LogP contribution in [0.2, 0.25) is 5.02 Å². The van der Waals surface area contributed by atoms with Crippen LogP contribution in [0.3, 0.4) is 0 Å². The number of alkyl halides is 3. The van der Waals surface area contributed by atoms with Crippen LogP contribution in [0.5, 0.6) is 5.75 Å². The van der Waals surface area contributed by atoms with Crippen molar-refractivity contribution < 1.29 is 23.1 Å². The third kappa shape index (κ3) is 5.83. The van der Waals surface area contributed by atoms with E-state index in [1.165, 1.54) is 18.2 Å². The third-order valence-corrected chi connectivity index (χ3v) is 2.70. The molecule has 1 aromatic carbocycles. The first-order chi connectivity index (χ1) is 8.79. The van der Waals surface area contributed by atoms with Gasteiger partial charge in [0.25, 0.3) is 5.91 Å². The molecule has 0 aliphatic carbocycles. The number of halogens is 4. The summed E-state index contributed by atoms with van der Waals surface area (Å²) < 4.78 is 35.6. The van der Waals surface area contributed by atoms with E-state index in [4.69, 9.17) is 11.6 Å². The lowest BCUT2D eigenvalue weighted by molar-refractivity contribution is -0.135. The Kier molecular flexibility index (Phi) is 5.47. The van der Waals surface area contributed by atoms with Crippen LogP contribution in [-0.4, -0.2) is 23.7 Å². The highest BCUT2D eigenvalue weighted by atomic mass is 35.5. The fraction of sp³-hybridized carbons (Fsp3) is 0.417. The Balaban J connectivity index is 2.38. The summed E-state index contributed by atoms with van der Waals surface area (Å²) in [6.07, 6.45) is -4.85. The molecule has 0 atom stereocenters. The summed E-state index contributed by atoms with van der Waals surface area (Å²) in [5.74, 6) is -0.625. The quantitative estimate of drug-likeness (QED) is 0.817. The van der Waals surface area contributed by atoms with E-state index in [1.54, 1.807) is 0 Å². The molecule has 0 radical (unpaired) electrons. The zero-order valence-electron chi connectivity index (χ0n) is 9.93. The molecule has 3 nitrogen and oxygen atoms in total. The van der Waals surface area contributed by atoms with Crippen LogP contribution >= 0.6 is 11.6 Å². The molecule has 0 bridgehead atoms. The number of unbranched alkanes of at least 4 members (excludes halogenated alkanes) is 1. The van der Waals surface area contributed by atoms with Crippen molar-refractivity contribution in [2.75, 3.05) is 6.54 Å². The monoisotopic (exact) mass is 295 g/mol. The fourth-order valence-electron chi connectivity index (χ4n) is 1.43. The molecule has 0 aromatic heterocycles. The van der Waals surface area contributed by atoms with Gasteiger partial charge in [0.05, 0.1) is 10.6 Å². The fourth-order valence-corrected chi connectivity index (χ4v) is 1.64. The highest BCUT2D eigenvalue weighted by Crippen LogP contribution is 2.22. The molecule has 0 aliphatic rings. The number of amides is 1. The van der Waals surface area contributed by atoms with Gasteiger partial charge in [-0.2, -0.15) is 13.2 Å². The maximum atomic E-state index is 11.9. The Labute approximate surface area is 113 Å². The minimum absolute atomic E-state index is 0.0441. The molecule has 1 aromatic rings. The first-order valence-electron chi connectivity index (χ1n) is 5.63. The molecule has 1 rings (SSSR count). The minimum atomic E-state index is -4.17. The standard InChI is InChI=1S/C12H13ClF3NO2/c13-10-4-3-8(18)7-9(10)11(19)17-6-2-1-5-12(14,15)16/h3-4,7,18H,1-2,5-6H2,(H,17,19). The smallest absolute Gasteiger partial charge is 0.389 e. The van der Waals surface area contributed by atoms with Crippen LogP contribution in [0.1, 0.15) is 29.6 Å². The summed E-state index contributed by atoms with van der Waals surface area (Å²) in [7, 11) is 0. The first-order valence-corrected chi connectivity index (χ1v) is 6.01. The van der Waals surface area contributed by atoms with Gasteiger partial charge in [-0.25, -0.2) is 0 Å². The maximum absolute atomic E-state index is 11.9. The van der Waals surface area contributed by atoms with E-state index in [2.05, 4.69) is 5.32 Å². The SMILES string of the molecule is O=C(NCCCCC(F)(F)F)c1cc(O)ccc1Cl. The molecule has 1 amide bonds. The van der Waals surface area contributed by atoms with Gasteiger partial charge in [0.2, 0.25) is 0 Å². The Morgan fingerprint density at radius 2 is 2.00 bits per heavy atom. The number of rotatable bonds is 5. The van der Waals surface area contributed by atoms with Crippen LogP contribution in [0.15, 0.2) is 18.2 Å². The van der Waals surface area contributed by atoms with Gasteiger partial charge in [-0.15, -0.1) is 0 Å². The maximum Gasteiger partial charge on any atom is 0.389 e. The van der Waals surface area contributed by atoms with Gasteiger partial charge in [-0.05, 0) is 31.0 Å². The summed E-state index contributed by atoms with van der Waals surface area (Å²) in [5, 5.41) is 11.8. The van der Waals surface area contributed by atoms with Gasteiger partial charge in [0.1, 0.15) is 5.75 Å². The predicted octanol–water partition coefficient (Wildman–Crippen LogP) is 3.51. The summed E-state index contributed by atoms with van der Waals surface area (Å²) in [6.45, 7) is 0.126. The molecule has 2 N–H and O–H groups in total. The van der Waals surface area contributed by atoms with Crippen molar-refractivity contribution in [3.8, 4) is 5.75 Å². The van der Waals surface area contributed by atoms with Crippen LogP contribution < -0.4 is 5.32 Å². The summed E-state index contributed by atoms with van der Waals surface area (Å²) in [6, 6.07) is 3.91. The van der Waals surface area contributed by atoms with Crippen molar-refractivity contribution in [2.24, 2.45) is 0 Å². The molecule has 0 unspecified atom stereocenters. The number of nitrogens with one attached hydrogen (secondary N) is 1.